The summed E-state index contributed by atoms with van der Waals surface area (Å²) in [4.78, 5) is 14.3. The smallest absolute Gasteiger partial charge is 0.264 e. The zero-order valence-electron chi connectivity index (χ0n) is 13.0. The van der Waals surface area contributed by atoms with Gasteiger partial charge in [0.05, 0.1) is 12.8 Å². The van der Waals surface area contributed by atoms with Gasteiger partial charge in [-0.2, -0.15) is 0 Å². The molecule has 1 radical (unpaired) electrons. The van der Waals surface area contributed by atoms with E-state index in [1.807, 2.05) is 19.1 Å². The van der Waals surface area contributed by atoms with Gasteiger partial charge in [-0.1, -0.05) is 23.7 Å². The molecule has 119 valence electrons. The molecule has 1 amide bonds. The summed E-state index contributed by atoms with van der Waals surface area (Å²) in [6.45, 7) is 2.36. The average Bonchev–Trinajstić information content (AvgIpc) is 2.75. The van der Waals surface area contributed by atoms with Crippen molar-refractivity contribution < 1.29 is 14.6 Å². The fourth-order valence-corrected chi connectivity index (χ4v) is 3.17. The molecule has 3 rings (SSSR count). The maximum absolute atomic E-state index is 12.8. The number of carbonyl (C=O) groups excluding carboxylic acids is 1. The van der Waals surface area contributed by atoms with E-state index in [9.17, 15) is 9.90 Å². The molecule has 2 aromatic carbocycles. The number of carbonyl (C=O) groups is 1. The van der Waals surface area contributed by atoms with Crippen LogP contribution in [-0.4, -0.2) is 24.7 Å². The Bertz CT molecular complexity index is 762. The Kier molecular flexibility index (Phi) is 4.04. The topological polar surface area (TPSA) is 49.8 Å². The number of amides is 1. The van der Waals surface area contributed by atoms with Crippen molar-refractivity contribution in [2.24, 2.45) is 0 Å². The lowest BCUT2D eigenvalue weighted by atomic mass is 9.88. The van der Waals surface area contributed by atoms with Crippen molar-refractivity contribution in [1.82, 2.24) is 0 Å². The van der Waals surface area contributed by atoms with Gasteiger partial charge in [-0.15, -0.1) is 0 Å². The Morgan fingerprint density at radius 1 is 1.35 bits per heavy atom. The number of hydrogen-bond acceptors (Lipinski definition) is 3. The van der Waals surface area contributed by atoms with Gasteiger partial charge >= 0.3 is 0 Å². The third-order valence-corrected chi connectivity index (χ3v) is 4.34. The van der Waals surface area contributed by atoms with Gasteiger partial charge in [-0.25, -0.2) is 0 Å². The highest BCUT2D eigenvalue weighted by atomic mass is 35.5. The third-order valence-electron chi connectivity index (χ3n) is 4.11. The maximum Gasteiger partial charge on any atom is 0.264 e. The van der Waals surface area contributed by atoms with E-state index >= 15 is 0 Å². The molecule has 0 saturated carbocycles. The number of likely N-dealkylation sites (N-methyl/N-ethyl adjacent to an activating group) is 1. The highest BCUT2D eigenvalue weighted by Gasteiger charge is 2.49. The number of benzene rings is 2. The van der Waals surface area contributed by atoms with Crippen LogP contribution in [0.1, 0.15) is 18.1 Å². The quantitative estimate of drug-likeness (QED) is 0.937. The van der Waals surface area contributed by atoms with Crippen LogP contribution in [0.2, 0.25) is 5.02 Å². The van der Waals surface area contributed by atoms with Crippen molar-refractivity contribution >= 4 is 23.2 Å². The molecule has 0 bridgehead atoms. The third kappa shape index (κ3) is 2.58. The van der Waals surface area contributed by atoms with E-state index < -0.39 is 5.60 Å². The van der Waals surface area contributed by atoms with Gasteiger partial charge in [0.15, 0.2) is 5.60 Å². The van der Waals surface area contributed by atoms with Crippen LogP contribution in [-0.2, 0) is 16.8 Å². The summed E-state index contributed by atoms with van der Waals surface area (Å²) in [5.74, 6) is 0.226. The number of ether oxygens (including phenoxy) is 1. The molecule has 2 aromatic rings. The van der Waals surface area contributed by atoms with Gasteiger partial charge in [-0.3, -0.25) is 4.79 Å². The number of fused-ring (bicyclic) bond motifs is 1. The predicted octanol–water partition coefficient (Wildman–Crippen LogP) is 2.95. The second-order valence-corrected chi connectivity index (χ2v) is 5.93. The maximum atomic E-state index is 12.8. The van der Waals surface area contributed by atoms with Crippen LogP contribution in [0.3, 0.4) is 0 Å². The normalized spacial score (nSPS) is 19.8. The van der Waals surface area contributed by atoms with E-state index in [0.717, 1.165) is 0 Å². The lowest BCUT2D eigenvalue weighted by Gasteiger charge is -2.23. The molecular formula is C18H17ClNO3. The Morgan fingerprint density at radius 2 is 2.13 bits per heavy atom. The highest BCUT2D eigenvalue weighted by Crippen LogP contribution is 2.43. The summed E-state index contributed by atoms with van der Waals surface area (Å²) >= 11 is 6.07. The van der Waals surface area contributed by atoms with Crippen LogP contribution >= 0.6 is 11.6 Å². The Balaban J connectivity index is 2.06. The summed E-state index contributed by atoms with van der Waals surface area (Å²) in [6, 6.07) is 13.6. The molecule has 0 spiro atoms. The first kappa shape index (κ1) is 15.8. The minimum Gasteiger partial charge on any atom is -0.496 e. The van der Waals surface area contributed by atoms with Gasteiger partial charge in [0.1, 0.15) is 5.75 Å². The second kappa shape index (κ2) is 5.87. The number of aliphatic hydroxyl groups is 1. The van der Waals surface area contributed by atoms with E-state index in [0.29, 0.717) is 34.1 Å². The largest absolute Gasteiger partial charge is 0.496 e. The zero-order valence-corrected chi connectivity index (χ0v) is 13.7. The van der Waals surface area contributed by atoms with Crippen LogP contribution in [0.5, 0.6) is 5.75 Å². The second-order valence-electron chi connectivity index (χ2n) is 5.49. The van der Waals surface area contributed by atoms with Crippen LogP contribution in [0.25, 0.3) is 0 Å². The minimum atomic E-state index is -1.64. The summed E-state index contributed by atoms with van der Waals surface area (Å²) in [5.41, 5.74) is 0.295. The van der Waals surface area contributed by atoms with Gasteiger partial charge in [0, 0.05) is 29.6 Å². The molecule has 1 aliphatic rings. The summed E-state index contributed by atoms with van der Waals surface area (Å²) in [7, 11) is 1.55. The molecule has 0 fully saturated rings. The molecule has 1 heterocycles. The minimum absolute atomic E-state index is 0.118. The van der Waals surface area contributed by atoms with Crippen molar-refractivity contribution in [3.8, 4) is 5.75 Å². The fourth-order valence-electron chi connectivity index (χ4n) is 3.00. The van der Waals surface area contributed by atoms with Gasteiger partial charge < -0.3 is 14.7 Å². The van der Waals surface area contributed by atoms with E-state index in [4.69, 9.17) is 16.3 Å². The molecule has 1 unspecified atom stereocenters. The van der Waals surface area contributed by atoms with E-state index in [-0.39, 0.29) is 12.3 Å². The van der Waals surface area contributed by atoms with Crippen molar-refractivity contribution in [1.29, 1.82) is 0 Å². The van der Waals surface area contributed by atoms with Crippen molar-refractivity contribution in [3.63, 3.8) is 0 Å². The number of anilines is 1. The monoisotopic (exact) mass is 330 g/mol. The van der Waals surface area contributed by atoms with Gasteiger partial charge in [0.2, 0.25) is 0 Å². The standard InChI is InChI=1S/C18H17ClNO3/c1-3-20-16-8-7-13(19)10-15(16)18(22,17(20)21)11-12-5-4-6-14(9-12)23-2/h4-8,10,22H,3,11H2,1-2H3. The molecule has 0 saturated heterocycles. The van der Waals surface area contributed by atoms with Crippen molar-refractivity contribution in [3.05, 3.63) is 58.6 Å². The summed E-state index contributed by atoms with van der Waals surface area (Å²) in [5, 5.41) is 11.6. The molecule has 4 nitrogen and oxygen atoms in total. The van der Waals surface area contributed by atoms with Crippen LogP contribution < -0.4 is 9.64 Å². The van der Waals surface area contributed by atoms with Crippen LogP contribution in [0, 0.1) is 6.07 Å². The average molecular weight is 331 g/mol. The number of halogens is 1. The van der Waals surface area contributed by atoms with Gasteiger partial charge in [-0.05, 0) is 36.8 Å². The fraction of sp³-hybridized carbons (Fsp3) is 0.278. The molecule has 23 heavy (non-hydrogen) atoms. The highest BCUT2D eigenvalue weighted by molar-refractivity contribution is 6.31. The predicted molar refractivity (Wildman–Crippen MR) is 88.9 cm³/mol. The molecule has 1 aliphatic heterocycles. The SMILES string of the molecule is CCN1C(=O)C(O)(Cc2[c]c(OC)ccc2)c2cc(Cl)ccc21. The molecular weight excluding hydrogens is 314 g/mol. The van der Waals surface area contributed by atoms with Crippen LogP contribution in [0.15, 0.2) is 36.4 Å². The molecule has 0 aromatic heterocycles. The lowest BCUT2D eigenvalue weighted by molar-refractivity contribution is -0.136. The van der Waals surface area contributed by atoms with E-state index in [1.54, 1.807) is 36.3 Å². The Morgan fingerprint density at radius 3 is 2.83 bits per heavy atom. The first-order chi connectivity index (χ1) is 11.0. The first-order valence-electron chi connectivity index (χ1n) is 7.39. The summed E-state index contributed by atoms with van der Waals surface area (Å²) in [6.07, 6.45) is 0.118. The van der Waals surface area contributed by atoms with E-state index in [2.05, 4.69) is 6.07 Å². The van der Waals surface area contributed by atoms with Crippen molar-refractivity contribution in [2.75, 3.05) is 18.6 Å². The lowest BCUT2D eigenvalue weighted by Crippen LogP contribution is -2.41. The number of rotatable bonds is 4. The molecule has 1 N–H and O–H groups in total. The number of hydrogen-bond donors (Lipinski definition) is 1. The molecule has 5 heteroatoms. The summed E-state index contributed by atoms with van der Waals surface area (Å²) < 4.78 is 5.16. The Hall–Kier alpha value is -2.04. The Labute approximate surface area is 140 Å². The van der Waals surface area contributed by atoms with Crippen molar-refractivity contribution in [2.45, 2.75) is 18.9 Å². The zero-order chi connectivity index (χ0) is 16.6. The first-order valence-corrected chi connectivity index (χ1v) is 7.77. The number of methoxy groups -OCH3 is 1. The van der Waals surface area contributed by atoms with E-state index in [1.165, 1.54) is 0 Å². The van der Waals surface area contributed by atoms with Gasteiger partial charge in [0.25, 0.3) is 5.91 Å². The number of nitrogens with zero attached hydrogens (tertiary/aromatic N) is 1. The molecule has 0 aliphatic carbocycles. The molecule has 1 atom stereocenters. The van der Waals surface area contributed by atoms with Crippen LogP contribution in [0.4, 0.5) is 5.69 Å².